The fourth-order valence-corrected chi connectivity index (χ4v) is 3.45. The molecule has 0 radical (unpaired) electrons. The molecule has 0 aliphatic heterocycles. The quantitative estimate of drug-likeness (QED) is 0.635. The van der Waals surface area contributed by atoms with E-state index in [0.717, 1.165) is 13.6 Å². The first-order valence-electron chi connectivity index (χ1n) is 4.71. The summed E-state index contributed by atoms with van der Waals surface area (Å²) in [5.74, 6) is -0.0258. The third kappa shape index (κ3) is 3.27. The van der Waals surface area contributed by atoms with Gasteiger partial charge >= 0.3 is 0 Å². The molecule has 4 nitrogen and oxygen atoms in total. The molecule has 2 aromatic heterocycles. The molecule has 2 rings (SSSR count). The highest BCUT2D eigenvalue weighted by Gasteiger charge is 2.06. The Labute approximate surface area is 111 Å². The number of pyridine rings is 1. The van der Waals surface area contributed by atoms with E-state index in [9.17, 15) is 4.79 Å². The molecule has 7 heteroatoms. The lowest BCUT2D eigenvalue weighted by Gasteiger charge is -1.97. The van der Waals surface area contributed by atoms with Crippen LogP contribution in [0.3, 0.4) is 0 Å². The molecular formula is C10H9N3OS3. The summed E-state index contributed by atoms with van der Waals surface area (Å²) in [6.07, 6.45) is 3.65. The molecule has 0 aromatic carbocycles. The Bertz CT molecular complexity index is 524. The lowest BCUT2D eigenvalue weighted by molar-refractivity contribution is 0.101. The van der Waals surface area contributed by atoms with E-state index in [-0.39, 0.29) is 5.78 Å². The van der Waals surface area contributed by atoms with Gasteiger partial charge in [0.05, 0.1) is 0 Å². The van der Waals surface area contributed by atoms with Crippen LogP contribution in [0, 0.1) is 0 Å². The summed E-state index contributed by atoms with van der Waals surface area (Å²) in [5.41, 5.74) is 0.483. The van der Waals surface area contributed by atoms with Crippen molar-refractivity contribution >= 4 is 40.6 Å². The zero-order valence-electron chi connectivity index (χ0n) is 9.21. The Morgan fingerprint density at radius 1 is 1.29 bits per heavy atom. The number of hydrogen-bond acceptors (Lipinski definition) is 7. The van der Waals surface area contributed by atoms with E-state index in [2.05, 4.69) is 15.2 Å². The zero-order chi connectivity index (χ0) is 12.3. The second kappa shape index (κ2) is 5.61. The standard InChI is InChI=1S/C10H9N3OS3/c1-6(14)8-4-3-7(5-11-8)16-10-13-12-9(15-2)17-10/h3-5H,1-2H3. The molecule has 0 spiro atoms. The summed E-state index contributed by atoms with van der Waals surface area (Å²) in [7, 11) is 0. The minimum atomic E-state index is -0.0258. The lowest BCUT2D eigenvalue weighted by Crippen LogP contribution is -1.95. The van der Waals surface area contributed by atoms with Gasteiger partial charge in [-0.1, -0.05) is 34.9 Å². The Hall–Kier alpha value is -0.920. The number of ketones is 1. The van der Waals surface area contributed by atoms with Crippen LogP contribution in [0.1, 0.15) is 17.4 Å². The van der Waals surface area contributed by atoms with Crippen molar-refractivity contribution in [2.24, 2.45) is 0 Å². The summed E-state index contributed by atoms with van der Waals surface area (Å²) < 4.78 is 1.83. The molecule has 88 valence electrons. The fraction of sp³-hybridized carbons (Fsp3) is 0.200. The molecule has 0 atom stereocenters. The molecule has 0 unspecified atom stereocenters. The number of carbonyl (C=O) groups is 1. The van der Waals surface area contributed by atoms with E-state index in [1.54, 1.807) is 35.4 Å². The predicted molar refractivity (Wildman–Crippen MR) is 70.1 cm³/mol. The number of aromatic nitrogens is 3. The summed E-state index contributed by atoms with van der Waals surface area (Å²) in [5, 5.41) is 8.07. The number of Topliss-reactive ketones (excluding diaryl/α,β-unsaturated/α-hetero) is 1. The molecule has 0 bridgehead atoms. The molecule has 17 heavy (non-hydrogen) atoms. The highest BCUT2D eigenvalue weighted by molar-refractivity contribution is 8.03. The van der Waals surface area contributed by atoms with E-state index in [1.165, 1.54) is 18.7 Å². The van der Waals surface area contributed by atoms with Crippen molar-refractivity contribution in [3.05, 3.63) is 24.0 Å². The van der Waals surface area contributed by atoms with Crippen LogP contribution < -0.4 is 0 Å². The van der Waals surface area contributed by atoms with Crippen molar-refractivity contribution < 1.29 is 4.79 Å². The predicted octanol–water partition coefficient (Wildman–Crippen LogP) is 3.01. The number of nitrogens with zero attached hydrogens (tertiary/aromatic N) is 3. The zero-order valence-corrected chi connectivity index (χ0v) is 11.7. The Morgan fingerprint density at radius 2 is 2.06 bits per heavy atom. The molecule has 2 aromatic rings. The average molecular weight is 283 g/mol. The molecular weight excluding hydrogens is 274 g/mol. The second-order valence-corrected chi connectivity index (χ2v) is 6.43. The van der Waals surface area contributed by atoms with Gasteiger partial charge in [0.15, 0.2) is 14.5 Å². The summed E-state index contributed by atoms with van der Waals surface area (Å²) in [6.45, 7) is 1.50. The minimum Gasteiger partial charge on any atom is -0.293 e. The molecule has 0 amide bonds. The van der Waals surface area contributed by atoms with Gasteiger partial charge in [-0.25, -0.2) is 0 Å². The third-order valence-corrected chi connectivity index (χ3v) is 4.79. The van der Waals surface area contributed by atoms with Gasteiger partial charge in [-0.15, -0.1) is 10.2 Å². The van der Waals surface area contributed by atoms with Crippen molar-refractivity contribution in [3.63, 3.8) is 0 Å². The van der Waals surface area contributed by atoms with Crippen molar-refractivity contribution in [2.45, 2.75) is 20.5 Å². The summed E-state index contributed by atoms with van der Waals surface area (Å²) >= 11 is 4.63. The van der Waals surface area contributed by atoms with Crippen LogP contribution in [-0.4, -0.2) is 27.2 Å². The van der Waals surface area contributed by atoms with Crippen LogP contribution in [-0.2, 0) is 0 Å². The van der Waals surface area contributed by atoms with Crippen molar-refractivity contribution in [2.75, 3.05) is 6.26 Å². The first-order chi connectivity index (χ1) is 8.19. The van der Waals surface area contributed by atoms with Gasteiger partial charge in [0.25, 0.3) is 0 Å². The summed E-state index contributed by atoms with van der Waals surface area (Å²) in [4.78, 5) is 16.1. The van der Waals surface area contributed by atoms with Crippen LogP contribution in [0.4, 0.5) is 0 Å². The fourth-order valence-electron chi connectivity index (χ4n) is 1.07. The minimum absolute atomic E-state index is 0.0258. The maximum atomic E-state index is 11.1. The Morgan fingerprint density at radius 3 is 2.59 bits per heavy atom. The van der Waals surface area contributed by atoms with E-state index in [4.69, 9.17) is 0 Å². The topological polar surface area (TPSA) is 55.7 Å². The van der Waals surface area contributed by atoms with Crippen LogP contribution in [0.25, 0.3) is 0 Å². The monoisotopic (exact) mass is 283 g/mol. The maximum Gasteiger partial charge on any atom is 0.179 e. The Kier molecular flexibility index (Phi) is 4.14. The number of thioether (sulfide) groups is 1. The van der Waals surface area contributed by atoms with Crippen LogP contribution >= 0.6 is 34.9 Å². The van der Waals surface area contributed by atoms with Crippen molar-refractivity contribution in [1.82, 2.24) is 15.2 Å². The third-order valence-electron chi connectivity index (χ3n) is 1.86. The van der Waals surface area contributed by atoms with E-state index in [0.29, 0.717) is 5.69 Å². The molecule has 0 saturated carbocycles. The van der Waals surface area contributed by atoms with Gasteiger partial charge in [-0.3, -0.25) is 9.78 Å². The van der Waals surface area contributed by atoms with Gasteiger partial charge < -0.3 is 0 Å². The van der Waals surface area contributed by atoms with Gasteiger partial charge in [0.2, 0.25) is 0 Å². The van der Waals surface area contributed by atoms with Crippen LogP contribution in [0.15, 0.2) is 31.9 Å². The largest absolute Gasteiger partial charge is 0.293 e. The van der Waals surface area contributed by atoms with E-state index < -0.39 is 0 Å². The van der Waals surface area contributed by atoms with Crippen molar-refractivity contribution in [1.29, 1.82) is 0 Å². The molecule has 0 fully saturated rings. The normalized spacial score (nSPS) is 10.5. The molecule has 0 aliphatic rings. The van der Waals surface area contributed by atoms with Crippen LogP contribution in [0.2, 0.25) is 0 Å². The smallest absolute Gasteiger partial charge is 0.179 e. The van der Waals surface area contributed by atoms with Gasteiger partial charge in [0.1, 0.15) is 5.69 Å². The highest BCUT2D eigenvalue weighted by Crippen LogP contribution is 2.32. The summed E-state index contributed by atoms with van der Waals surface area (Å²) in [6, 6.07) is 3.59. The molecule has 0 N–H and O–H groups in total. The van der Waals surface area contributed by atoms with Gasteiger partial charge in [-0.05, 0) is 18.4 Å². The molecule has 0 aliphatic carbocycles. The van der Waals surface area contributed by atoms with Crippen molar-refractivity contribution in [3.8, 4) is 0 Å². The first kappa shape index (κ1) is 12.5. The number of rotatable bonds is 4. The van der Waals surface area contributed by atoms with Gasteiger partial charge in [0, 0.05) is 18.0 Å². The SMILES string of the molecule is CSc1nnc(Sc2ccc(C(C)=O)nc2)s1. The van der Waals surface area contributed by atoms with E-state index in [1.807, 2.05) is 12.3 Å². The number of hydrogen-bond donors (Lipinski definition) is 0. The molecule has 0 saturated heterocycles. The second-order valence-electron chi connectivity index (χ2n) is 3.08. The average Bonchev–Trinajstić information content (AvgIpc) is 2.77. The lowest BCUT2D eigenvalue weighted by atomic mass is 10.3. The van der Waals surface area contributed by atoms with Gasteiger partial charge in [-0.2, -0.15) is 0 Å². The van der Waals surface area contributed by atoms with E-state index >= 15 is 0 Å². The maximum absolute atomic E-state index is 11.1. The highest BCUT2D eigenvalue weighted by atomic mass is 32.2. The van der Waals surface area contributed by atoms with Crippen LogP contribution in [0.5, 0.6) is 0 Å². The Balaban J connectivity index is 2.10. The molecule has 2 heterocycles. The number of carbonyl (C=O) groups excluding carboxylic acids is 1. The first-order valence-corrected chi connectivity index (χ1v) is 7.57.